The van der Waals surface area contributed by atoms with Gasteiger partial charge in [0, 0.05) is 23.7 Å². The Morgan fingerprint density at radius 1 is 1.00 bits per heavy atom. The Labute approximate surface area is 177 Å². The summed E-state index contributed by atoms with van der Waals surface area (Å²) in [5.41, 5.74) is 6.09. The normalized spacial score (nSPS) is 11.3. The number of hydrogen-bond acceptors (Lipinski definition) is 6. The van der Waals surface area contributed by atoms with Crippen LogP contribution in [-0.4, -0.2) is 26.5 Å². The maximum Gasteiger partial charge on any atom is 0.272 e. The number of nitro groups is 1. The number of fused-ring (bicyclic) bond motifs is 1. The van der Waals surface area contributed by atoms with Crippen molar-refractivity contribution in [3.63, 3.8) is 0 Å². The number of rotatable bonds is 5. The molecule has 0 atom stereocenters. The number of para-hydroxylation sites is 1. The average Bonchev–Trinajstić information content (AvgIpc) is 2.82. The summed E-state index contributed by atoms with van der Waals surface area (Å²) in [6.45, 7) is 1.71. The average molecular weight is 411 g/mol. The second kappa shape index (κ2) is 8.50. The summed E-state index contributed by atoms with van der Waals surface area (Å²) in [7, 11) is 0. The maximum absolute atomic E-state index is 13.0. The summed E-state index contributed by atoms with van der Waals surface area (Å²) in [6.07, 6.45) is 1.67. The quantitative estimate of drug-likeness (QED) is 0.298. The molecule has 8 nitrogen and oxygen atoms in total. The van der Waals surface area contributed by atoms with Gasteiger partial charge in [0.15, 0.2) is 0 Å². The second-order valence-corrected chi connectivity index (χ2v) is 6.73. The number of nitro benzene ring substituents is 1. The highest BCUT2D eigenvalue weighted by Gasteiger charge is 2.14. The topological polar surface area (TPSA) is 110 Å². The Hall–Kier alpha value is -4.46. The van der Waals surface area contributed by atoms with Gasteiger partial charge in [0.05, 0.1) is 33.1 Å². The smallest absolute Gasteiger partial charge is 0.267 e. The molecule has 0 saturated heterocycles. The van der Waals surface area contributed by atoms with Crippen molar-refractivity contribution >= 4 is 28.2 Å². The van der Waals surface area contributed by atoms with E-state index in [2.05, 4.69) is 20.5 Å². The molecule has 1 amide bonds. The van der Waals surface area contributed by atoms with Gasteiger partial charge in [0.25, 0.3) is 11.6 Å². The van der Waals surface area contributed by atoms with Crippen LogP contribution in [0.1, 0.15) is 22.8 Å². The molecule has 2 aromatic heterocycles. The molecule has 0 bridgehead atoms. The van der Waals surface area contributed by atoms with E-state index in [1.165, 1.54) is 12.1 Å². The standard InChI is InChI=1S/C23H17N5O3/c1-15(16-9-11-17(12-10-16)28(30)31)26-27-23(29)19-14-22(21-8-4-5-13-24-21)25-20-7-3-2-6-18(19)20/h2-14H,1H3,(H,27,29)/b26-15-. The van der Waals surface area contributed by atoms with Crippen molar-refractivity contribution in [1.29, 1.82) is 0 Å². The molecule has 2 heterocycles. The summed E-state index contributed by atoms with van der Waals surface area (Å²) >= 11 is 0. The molecule has 1 N–H and O–H groups in total. The number of hydrazone groups is 1. The van der Waals surface area contributed by atoms with E-state index in [0.29, 0.717) is 39.1 Å². The molecule has 0 saturated carbocycles. The molecule has 0 unspecified atom stereocenters. The first-order valence-electron chi connectivity index (χ1n) is 9.43. The molecule has 0 aliphatic heterocycles. The third kappa shape index (κ3) is 4.27. The van der Waals surface area contributed by atoms with Crippen molar-refractivity contribution in [3.8, 4) is 11.4 Å². The zero-order chi connectivity index (χ0) is 21.8. The molecule has 0 aliphatic carbocycles. The lowest BCUT2D eigenvalue weighted by atomic mass is 10.1. The van der Waals surface area contributed by atoms with E-state index in [-0.39, 0.29) is 5.69 Å². The zero-order valence-electron chi connectivity index (χ0n) is 16.5. The van der Waals surface area contributed by atoms with Crippen LogP contribution in [0.25, 0.3) is 22.3 Å². The van der Waals surface area contributed by atoms with Gasteiger partial charge in [0.2, 0.25) is 0 Å². The van der Waals surface area contributed by atoms with Gasteiger partial charge in [0.1, 0.15) is 0 Å². The minimum atomic E-state index is -0.467. The first-order valence-corrected chi connectivity index (χ1v) is 9.43. The van der Waals surface area contributed by atoms with E-state index in [1.54, 1.807) is 31.3 Å². The number of amides is 1. The van der Waals surface area contributed by atoms with Crippen molar-refractivity contribution in [3.05, 3.63) is 100 Å². The predicted molar refractivity (Wildman–Crippen MR) is 118 cm³/mol. The first kappa shape index (κ1) is 19.8. The minimum absolute atomic E-state index is 0.00843. The maximum atomic E-state index is 13.0. The molecular formula is C23H17N5O3. The Morgan fingerprint density at radius 3 is 2.45 bits per heavy atom. The third-order valence-electron chi connectivity index (χ3n) is 4.71. The van der Waals surface area contributed by atoms with Crippen LogP contribution in [0.3, 0.4) is 0 Å². The number of carbonyl (C=O) groups excluding carboxylic acids is 1. The van der Waals surface area contributed by atoms with Crippen molar-refractivity contribution in [1.82, 2.24) is 15.4 Å². The van der Waals surface area contributed by atoms with Gasteiger partial charge >= 0.3 is 0 Å². The molecule has 2 aromatic carbocycles. The van der Waals surface area contributed by atoms with Gasteiger partial charge in [-0.1, -0.05) is 24.3 Å². The molecule has 0 radical (unpaired) electrons. The van der Waals surface area contributed by atoms with Crippen LogP contribution in [-0.2, 0) is 0 Å². The van der Waals surface area contributed by atoms with Gasteiger partial charge in [-0.2, -0.15) is 5.10 Å². The fourth-order valence-corrected chi connectivity index (χ4v) is 3.09. The largest absolute Gasteiger partial charge is 0.272 e. The van der Waals surface area contributed by atoms with Gasteiger partial charge in [-0.3, -0.25) is 19.9 Å². The number of carbonyl (C=O) groups is 1. The predicted octanol–water partition coefficient (Wildman–Crippen LogP) is 4.36. The van der Waals surface area contributed by atoms with Crippen LogP contribution in [0.15, 0.2) is 84.1 Å². The monoisotopic (exact) mass is 411 g/mol. The van der Waals surface area contributed by atoms with Crippen molar-refractivity contribution in [2.45, 2.75) is 6.92 Å². The minimum Gasteiger partial charge on any atom is -0.267 e. The summed E-state index contributed by atoms with van der Waals surface area (Å²) in [4.78, 5) is 32.2. The molecular weight excluding hydrogens is 394 g/mol. The highest BCUT2D eigenvalue weighted by atomic mass is 16.6. The van der Waals surface area contributed by atoms with E-state index in [0.717, 1.165) is 0 Å². The molecule has 152 valence electrons. The van der Waals surface area contributed by atoms with Crippen LogP contribution < -0.4 is 5.43 Å². The van der Waals surface area contributed by atoms with Crippen molar-refractivity contribution < 1.29 is 9.72 Å². The molecule has 0 aliphatic rings. The van der Waals surface area contributed by atoms with E-state index in [4.69, 9.17) is 0 Å². The lowest BCUT2D eigenvalue weighted by Gasteiger charge is -2.09. The van der Waals surface area contributed by atoms with Gasteiger partial charge in [-0.25, -0.2) is 10.4 Å². The van der Waals surface area contributed by atoms with Crippen LogP contribution in [0.4, 0.5) is 5.69 Å². The SMILES string of the molecule is C/C(=N/NC(=O)c1cc(-c2ccccn2)nc2ccccc12)c1ccc([N+](=O)[O-])cc1. The Balaban J connectivity index is 1.65. The van der Waals surface area contributed by atoms with Crippen molar-refractivity contribution in [2.24, 2.45) is 5.10 Å². The van der Waals surface area contributed by atoms with E-state index < -0.39 is 10.8 Å². The van der Waals surface area contributed by atoms with E-state index in [1.807, 2.05) is 42.5 Å². The van der Waals surface area contributed by atoms with Gasteiger partial charge in [-0.15, -0.1) is 0 Å². The Bertz CT molecular complexity index is 1300. The van der Waals surface area contributed by atoms with Crippen LogP contribution in [0.2, 0.25) is 0 Å². The molecule has 8 heteroatoms. The fourth-order valence-electron chi connectivity index (χ4n) is 3.09. The number of pyridine rings is 2. The first-order chi connectivity index (χ1) is 15.0. The molecule has 31 heavy (non-hydrogen) atoms. The third-order valence-corrected chi connectivity index (χ3v) is 4.71. The number of non-ortho nitro benzene ring substituents is 1. The Kier molecular flexibility index (Phi) is 5.44. The number of benzene rings is 2. The number of aromatic nitrogens is 2. The highest BCUT2D eigenvalue weighted by molar-refractivity contribution is 6.08. The van der Waals surface area contributed by atoms with Crippen LogP contribution in [0.5, 0.6) is 0 Å². The van der Waals surface area contributed by atoms with Gasteiger partial charge < -0.3 is 0 Å². The summed E-state index contributed by atoms with van der Waals surface area (Å²) in [5.74, 6) is -0.392. The molecule has 4 rings (SSSR count). The molecule has 4 aromatic rings. The lowest BCUT2D eigenvalue weighted by Crippen LogP contribution is -2.20. The second-order valence-electron chi connectivity index (χ2n) is 6.73. The summed E-state index contributed by atoms with van der Waals surface area (Å²) in [5, 5.41) is 15.7. The molecule has 0 spiro atoms. The van der Waals surface area contributed by atoms with Crippen LogP contribution in [0, 0.1) is 10.1 Å². The van der Waals surface area contributed by atoms with Gasteiger partial charge in [-0.05, 0) is 48.9 Å². The lowest BCUT2D eigenvalue weighted by molar-refractivity contribution is -0.384. The number of hydrogen-bond donors (Lipinski definition) is 1. The van der Waals surface area contributed by atoms with E-state index in [9.17, 15) is 14.9 Å². The number of nitrogens with zero attached hydrogens (tertiary/aromatic N) is 4. The Morgan fingerprint density at radius 2 is 1.74 bits per heavy atom. The van der Waals surface area contributed by atoms with E-state index >= 15 is 0 Å². The highest BCUT2D eigenvalue weighted by Crippen LogP contribution is 2.23. The zero-order valence-corrected chi connectivity index (χ0v) is 16.5. The van der Waals surface area contributed by atoms with Crippen LogP contribution >= 0.6 is 0 Å². The van der Waals surface area contributed by atoms with Crippen molar-refractivity contribution in [2.75, 3.05) is 0 Å². The fraction of sp³-hybridized carbons (Fsp3) is 0.0435. The molecule has 0 fully saturated rings. The summed E-state index contributed by atoms with van der Waals surface area (Å²) < 4.78 is 0. The summed E-state index contributed by atoms with van der Waals surface area (Å²) in [6, 6.07) is 20.5. The number of nitrogens with one attached hydrogen (secondary N) is 1.